The minimum absolute atomic E-state index is 0.581. The van der Waals surface area contributed by atoms with Crippen LogP contribution in [-0.4, -0.2) is 19.9 Å². The number of benzene rings is 9. The van der Waals surface area contributed by atoms with Gasteiger partial charge in [-0.3, -0.25) is 0 Å². The second kappa shape index (κ2) is 14.4. The maximum atomic E-state index is 6.76. The summed E-state index contributed by atoms with van der Waals surface area (Å²) < 4.78 is 13.1. The van der Waals surface area contributed by atoms with Crippen molar-refractivity contribution in [2.75, 3.05) is 0 Å². The Kier molecular flexibility index (Phi) is 8.11. The number of hydrogen-bond acceptors (Lipinski definition) is 6. The Morgan fingerprint density at radius 1 is 0.297 bits per heavy atom. The average molecular weight is 819 g/mol. The monoisotopic (exact) mass is 818 g/mol. The number of para-hydroxylation sites is 3. The summed E-state index contributed by atoms with van der Waals surface area (Å²) in [6.45, 7) is 0. The van der Waals surface area contributed by atoms with Gasteiger partial charge >= 0.3 is 0 Å². The molecule has 0 aliphatic carbocycles. The molecule has 4 heterocycles. The second-order valence-corrected chi connectivity index (χ2v) is 16.1. The predicted octanol–water partition coefficient (Wildman–Crippen LogP) is 15.4. The van der Waals surface area contributed by atoms with Crippen molar-refractivity contribution < 1.29 is 8.83 Å². The zero-order valence-corrected chi connectivity index (χ0v) is 34.2. The maximum Gasteiger partial charge on any atom is 0.164 e. The number of fused-ring (bicyclic) bond motifs is 9. The Balaban J connectivity index is 0.955. The van der Waals surface area contributed by atoms with Crippen LogP contribution in [0.3, 0.4) is 0 Å². The van der Waals surface area contributed by atoms with Crippen molar-refractivity contribution in [1.29, 1.82) is 0 Å². The van der Waals surface area contributed by atoms with Crippen LogP contribution in [0.1, 0.15) is 0 Å². The molecule has 6 nitrogen and oxygen atoms in total. The van der Waals surface area contributed by atoms with Crippen LogP contribution >= 0.6 is 0 Å². The van der Waals surface area contributed by atoms with Crippen molar-refractivity contribution in [3.63, 3.8) is 0 Å². The van der Waals surface area contributed by atoms with E-state index in [2.05, 4.69) is 146 Å². The lowest BCUT2D eigenvalue weighted by Gasteiger charge is -2.13. The Bertz CT molecular complexity index is 3960. The molecule has 64 heavy (non-hydrogen) atoms. The van der Waals surface area contributed by atoms with E-state index < -0.39 is 0 Å². The molecule has 0 amide bonds. The molecular formula is C58H34N4O2. The smallest absolute Gasteiger partial charge is 0.164 e. The quantitative estimate of drug-likeness (QED) is 0.166. The fourth-order valence-electron chi connectivity index (χ4n) is 9.33. The van der Waals surface area contributed by atoms with Crippen LogP contribution in [-0.2, 0) is 0 Å². The SMILES string of the molecule is c1ccc(-c2nc(-c3ccc(-c4cccc5c4oc4ccccc45)cc3)nc(-c3cccc(-c4cccc5nc(-c6cccc7ccccc67)c6oc7ccccc7c6c45)c3)n2)cc1. The first-order valence-corrected chi connectivity index (χ1v) is 21.4. The lowest BCUT2D eigenvalue weighted by Crippen LogP contribution is -2.00. The predicted molar refractivity (Wildman–Crippen MR) is 260 cm³/mol. The average Bonchev–Trinajstić information content (AvgIpc) is 3.95. The summed E-state index contributed by atoms with van der Waals surface area (Å²) in [5.74, 6) is 1.77. The van der Waals surface area contributed by atoms with E-state index in [0.717, 1.165) is 116 Å². The van der Waals surface area contributed by atoms with E-state index in [1.807, 2.05) is 60.7 Å². The van der Waals surface area contributed by atoms with E-state index in [9.17, 15) is 0 Å². The fourth-order valence-corrected chi connectivity index (χ4v) is 9.33. The fraction of sp³-hybridized carbons (Fsp3) is 0. The van der Waals surface area contributed by atoms with E-state index in [1.165, 1.54) is 0 Å². The summed E-state index contributed by atoms with van der Waals surface area (Å²) in [4.78, 5) is 20.7. The van der Waals surface area contributed by atoms with Gasteiger partial charge in [-0.2, -0.15) is 0 Å². The largest absolute Gasteiger partial charge is 0.455 e. The molecule has 0 aliphatic rings. The third-order valence-electron chi connectivity index (χ3n) is 12.3. The highest BCUT2D eigenvalue weighted by molar-refractivity contribution is 6.25. The molecule has 0 saturated heterocycles. The molecule has 0 atom stereocenters. The number of furan rings is 2. The normalized spacial score (nSPS) is 11.8. The number of hydrogen-bond donors (Lipinski definition) is 0. The van der Waals surface area contributed by atoms with Crippen molar-refractivity contribution in [3.8, 4) is 67.7 Å². The molecule has 0 unspecified atom stereocenters. The minimum atomic E-state index is 0.581. The van der Waals surface area contributed by atoms with E-state index in [0.29, 0.717) is 17.5 Å². The number of rotatable bonds is 6. The van der Waals surface area contributed by atoms with Gasteiger partial charge in [0.25, 0.3) is 0 Å². The molecule has 4 aromatic heterocycles. The van der Waals surface area contributed by atoms with Gasteiger partial charge in [0, 0.05) is 54.7 Å². The number of pyridine rings is 1. The molecule has 0 saturated carbocycles. The molecule has 0 bridgehead atoms. The molecule has 0 N–H and O–H groups in total. The van der Waals surface area contributed by atoms with Crippen molar-refractivity contribution in [2.45, 2.75) is 0 Å². The second-order valence-electron chi connectivity index (χ2n) is 16.1. The van der Waals surface area contributed by atoms with Gasteiger partial charge in [-0.15, -0.1) is 0 Å². The van der Waals surface area contributed by atoms with Crippen LogP contribution in [0.25, 0.3) is 133 Å². The third-order valence-corrected chi connectivity index (χ3v) is 12.3. The topological polar surface area (TPSA) is 77.8 Å². The van der Waals surface area contributed by atoms with Crippen LogP contribution in [0.2, 0.25) is 0 Å². The number of aromatic nitrogens is 4. The Labute approximate surface area is 366 Å². The first-order chi connectivity index (χ1) is 31.7. The molecule has 13 aromatic rings. The summed E-state index contributed by atoms with van der Waals surface area (Å²) >= 11 is 0. The Morgan fingerprint density at radius 3 is 1.66 bits per heavy atom. The van der Waals surface area contributed by atoms with Crippen LogP contribution in [0.5, 0.6) is 0 Å². The molecule has 0 spiro atoms. The number of nitrogens with zero attached hydrogens (tertiary/aromatic N) is 4. The van der Waals surface area contributed by atoms with Gasteiger partial charge in [0.05, 0.1) is 5.52 Å². The lowest BCUT2D eigenvalue weighted by molar-refractivity contribution is 0.668. The molecule has 13 rings (SSSR count). The van der Waals surface area contributed by atoms with Gasteiger partial charge in [-0.1, -0.05) is 182 Å². The van der Waals surface area contributed by atoms with E-state index >= 15 is 0 Å². The Hall–Kier alpha value is -8.74. The summed E-state index contributed by atoms with van der Waals surface area (Å²) in [5.41, 5.74) is 12.9. The summed E-state index contributed by atoms with van der Waals surface area (Å²) in [6.07, 6.45) is 0. The van der Waals surface area contributed by atoms with Gasteiger partial charge in [-0.05, 0) is 51.7 Å². The molecule has 0 fully saturated rings. The molecule has 0 aliphatic heterocycles. The maximum absolute atomic E-state index is 6.76. The highest BCUT2D eigenvalue weighted by atomic mass is 16.3. The van der Waals surface area contributed by atoms with E-state index in [4.69, 9.17) is 28.8 Å². The summed E-state index contributed by atoms with van der Waals surface area (Å²) in [5, 5.41) is 7.61. The van der Waals surface area contributed by atoms with Crippen molar-refractivity contribution in [2.24, 2.45) is 0 Å². The first kappa shape index (κ1) is 36.0. The van der Waals surface area contributed by atoms with Crippen LogP contribution in [0.15, 0.2) is 215 Å². The molecule has 0 radical (unpaired) electrons. The zero-order valence-electron chi connectivity index (χ0n) is 34.2. The first-order valence-electron chi connectivity index (χ1n) is 21.4. The Morgan fingerprint density at radius 2 is 0.828 bits per heavy atom. The van der Waals surface area contributed by atoms with Gasteiger partial charge < -0.3 is 8.83 Å². The lowest BCUT2D eigenvalue weighted by atomic mass is 9.94. The highest BCUT2D eigenvalue weighted by Gasteiger charge is 2.22. The molecule has 6 heteroatoms. The molecular weight excluding hydrogens is 785 g/mol. The zero-order chi connectivity index (χ0) is 42.1. The minimum Gasteiger partial charge on any atom is -0.455 e. The van der Waals surface area contributed by atoms with Crippen molar-refractivity contribution in [1.82, 2.24) is 19.9 Å². The van der Waals surface area contributed by atoms with Gasteiger partial charge in [0.1, 0.15) is 22.4 Å². The highest BCUT2D eigenvalue weighted by Crippen LogP contribution is 2.44. The van der Waals surface area contributed by atoms with E-state index in [-0.39, 0.29) is 0 Å². The van der Waals surface area contributed by atoms with Crippen LogP contribution < -0.4 is 0 Å². The van der Waals surface area contributed by atoms with Crippen molar-refractivity contribution >= 4 is 65.6 Å². The van der Waals surface area contributed by atoms with E-state index in [1.54, 1.807) is 0 Å². The van der Waals surface area contributed by atoms with Gasteiger partial charge in [-0.25, -0.2) is 19.9 Å². The van der Waals surface area contributed by atoms with Crippen molar-refractivity contribution in [3.05, 3.63) is 206 Å². The molecule has 9 aromatic carbocycles. The van der Waals surface area contributed by atoms with Crippen LogP contribution in [0, 0.1) is 0 Å². The third kappa shape index (κ3) is 5.81. The van der Waals surface area contributed by atoms with Crippen LogP contribution in [0.4, 0.5) is 0 Å². The standard InChI is InChI=1S/C58H34N4O2/c1-2-15-37(16-3-1)56-60-57(38-32-30-36(31-33-38)43-24-12-26-46-44-21-6-8-28-49(44)63-54(43)46)62-58(61-56)40-19-10-18-39(34-40)42-23-13-27-48-51(42)52-47-22-7-9-29-50(47)64-55(52)53(59-48)45-25-11-17-35-14-4-5-20-41(35)45/h1-34H. The van der Waals surface area contributed by atoms with Gasteiger partial charge in [0.15, 0.2) is 23.1 Å². The summed E-state index contributed by atoms with van der Waals surface area (Å²) in [6, 6.07) is 70.9. The van der Waals surface area contributed by atoms with Gasteiger partial charge in [0.2, 0.25) is 0 Å². The summed E-state index contributed by atoms with van der Waals surface area (Å²) in [7, 11) is 0. The molecule has 298 valence electrons.